The lowest BCUT2D eigenvalue weighted by Gasteiger charge is -2.37. The minimum absolute atomic E-state index is 0. The zero-order chi connectivity index (χ0) is 15.2. The molecule has 1 saturated heterocycles. The lowest BCUT2D eigenvalue weighted by atomic mass is 9.99. The second-order valence-corrected chi connectivity index (χ2v) is 7.13. The van der Waals surface area contributed by atoms with Crippen molar-refractivity contribution in [1.82, 2.24) is 10.2 Å². The fourth-order valence-corrected chi connectivity index (χ4v) is 4.51. The van der Waals surface area contributed by atoms with Crippen LogP contribution in [-0.4, -0.2) is 30.4 Å². The van der Waals surface area contributed by atoms with E-state index in [2.05, 4.69) is 5.32 Å². The van der Waals surface area contributed by atoms with Crippen LogP contribution in [0.2, 0.25) is 0 Å². The minimum atomic E-state index is -0.228. The van der Waals surface area contributed by atoms with Gasteiger partial charge in [-0.2, -0.15) is 0 Å². The Hall–Kier alpha value is -1.13. The molecule has 1 spiro atoms. The van der Waals surface area contributed by atoms with Crippen LogP contribution < -0.4 is 5.32 Å². The van der Waals surface area contributed by atoms with Gasteiger partial charge in [-0.05, 0) is 42.4 Å². The van der Waals surface area contributed by atoms with Crippen LogP contribution in [0.15, 0.2) is 24.3 Å². The maximum atomic E-state index is 13.5. The topological polar surface area (TPSA) is 32.3 Å². The van der Waals surface area contributed by atoms with Crippen molar-refractivity contribution < 1.29 is 9.18 Å². The number of hydrogen-bond donors (Lipinski definition) is 1. The summed E-state index contributed by atoms with van der Waals surface area (Å²) in [5, 5.41) is 3.34. The Kier molecular flexibility index (Phi) is 4.65. The second-order valence-electron chi connectivity index (χ2n) is 7.13. The number of benzene rings is 1. The molecule has 23 heavy (non-hydrogen) atoms. The monoisotopic (exact) mass is 338 g/mol. The van der Waals surface area contributed by atoms with E-state index in [0.29, 0.717) is 11.3 Å². The van der Waals surface area contributed by atoms with Crippen molar-refractivity contribution in [3.8, 4) is 0 Å². The largest absolute Gasteiger partial charge is 0.333 e. The molecule has 2 aliphatic carbocycles. The predicted octanol–water partition coefficient (Wildman–Crippen LogP) is 3.30. The lowest BCUT2D eigenvalue weighted by molar-refractivity contribution is -0.136. The van der Waals surface area contributed by atoms with Crippen LogP contribution in [0.1, 0.15) is 43.7 Å². The van der Waals surface area contributed by atoms with Gasteiger partial charge in [0.15, 0.2) is 0 Å². The van der Waals surface area contributed by atoms with Crippen LogP contribution in [0, 0.1) is 17.2 Å². The average molecular weight is 339 g/mol. The molecule has 0 bridgehead atoms. The zero-order valence-electron chi connectivity index (χ0n) is 13.3. The number of nitrogens with zero attached hydrogens (tertiary/aromatic N) is 1. The fourth-order valence-electron chi connectivity index (χ4n) is 4.51. The van der Waals surface area contributed by atoms with Gasteiger partial charge in [0.05, 0.1) is 6.04 Å². The summed E-state index contributed by atoms with van der Waals surface area (Å²) in [5.41, 5.74) is 1.23. The average Bonchev–Trinajstić information content (AvgIpc) is 3.03. The first-order valence-corrected chi connectivity index (χ1v) is 8.46. The summed E-state index contributed by atoms with van der Waals surface area (Å²) >= 11 is 0. The van der Waals surface area contributed by atoms with Crippen molar-refractivity contribution in [3.05, 3.63) is 35.6 Å². The lowest BCUT2D eigenvalue weighted by Crippen LogP contribution is -2.49. The van der Waals surface area contributed by atoms with Crippen molar-refractivity contribution in [2.45, 2.75) is 38.1 Å². The maximum Gasteiger partial charge on any atom is 0.226 e. The number of piperazine rings is 1. The van der Waals surface area contributed by atoms with Crippen LogP contribution in [0.5, 0.6) is 0 Å². The first-order valence-electron chi connectivity index (χ1n) is 8.46. The van der Waals surface area contributed by atoms with E-state index in [-0.39, 0.29) is 30.2 Å². The zero-order valence-corrected chi connectivity index (χ0v) is 14.1. The molecule has 2 saturated carbocycles. The van der Waals surface area contributed by atoms with Gasteiger partial charge >= 0.3 is 0 Å². The number of amides is 1. The molecule has 1 amide bonds. The number of carbonyl (C=O) groups excluding carboxylic acids is 1. The smallest absolute Gasteiger partial charge is 0.226 e. The van der Waals surface area contributed by atoms with Crippen molar-refractivity contribution >= 4 is 18.3 Å². The third-order valence-electron chi connectivity index (χ3n) is 5.85. The summed E-state index contributed by atoms with van der Waals surface area (Å²) in [5.74, 6) is 0.302. The maximum absolute atomic E-state index is 13.5. The number of rotatable bonds is 2. The van der Waals surface area contributed by atoms with Gasteiger partial charge in [0.25, 0.3) is 0 Å². The van der Waals surface area contributed by atoms with Gasteiger partial charge in [-0.25, -0.2) is 4.39 Å². The SMILES string of the molecule is Cl.O=C(C1CC12CCCC2)N1CCNCC1c1cccc(F)c1. The summed E-state index contributed by atoms with van der Waals surface area (Å²) in [4.78, 5) is 15.0. The summed E-state index contributed by atoms with van der Waals surface area (Å²) in [6.07, 6.45) is 6.07. The molecule has 3 aliphatic rings. The molecule has 1 aromatic rings. The molecule has 2 unspecified atom stereocenters. The highest BCUT2D eigenvalue weighted by Gasteiger charge is 2.59. The Bertz CT molecular complexity index is 588. The second kappa shape index (κ2) is 6.40. The summed E-state index contributed by atoms with van der Waals surface area (Å²) in [6, 6.07) is 6.66. The van der Waals surface area contributed by atoms with Gasteiger partial charge in [0.1, 0.15) is 5.82 Å². The summed E-state index contributed by atoms with van der Waals surface area (Å²) < 4.78 is 13.5. The van der Waals surface area contributed by atoms with Gasteiger partial charge in [-0.3, -0.25) is 4.79 Å². The molecule has 1 aliphatic heterocycles. The van der Waals surface area contributed by atoms with Crippen molar-refractivity contribution in [2.75, 3.05) is 19.6 Å². The van der Waals surface area contributed by atoms with Crippen LogP contribution in [0.3, 0.4) is 0 Å². The highest BCUT2D eigenvalue weighted by Crippen LogP contribution is 2.63. The van der Waals surface area contributed by atoms with Gasteiger partial charge in [-0.15, -0.1) is 12.4 Å². The van der Waals surface area contributed by atoms with Crippen molar-refractivity contribution in [1.29, 1.82) is 0 Å². The molecule has 0 aromatic heterocycles. The molecule has 1 heterocycles. The predicted molar refractivity (Wildman–Crippen MR) is 90.0 cm³/mol. The first kappa shape index (κ1) is 16.7. The van der Waals surface area contributed by atoms with Crippen molar-refractivity contribution in [2.24, 2.45) is 11.3 Å². The van der Waals surface area contributed by atoms with E-state index in [9.17, 15) is 9.18 Å². The molecule has 5 heteroatoms. The van der Waals surface area contributed by atoms with E-state index in [1.165, 1.54) is 31.7 Å². The van der Waals surface area contributed by atoms with Crippen LogP contribution in [-0.2, 0) is 4.79 Å². The highest BCUT2D eigenvalue weighted by molar-refractivity contribution is 5.85. The summed E-state index contributed by atoms with van der Waals surface area (Å²) in [7, 11) is 0. The highest BCUT2D eigenvalue weighted by atomic mass is 35.5. The number of nitrogens with one attached hydrogen (secondary N) is 1. The standard InChI is InChI=1S/C18H23FN2O.ClH/c19-14-5-3-4-13(10-14)16-12-20-8-9-21(16)17(22)15-11-18(15)6-1-2-7-18;/h3-5,10,15-16,20H,1-2,6-9,11-12H2;1H. The van der Waals surface area contributed by atoms with E-state index < -0.39 is 0 Å². The number of carbonyl (C=O) groups is 1. The first-order chi connectivity index (χ1) is 10.7. The Labute approximate surface area is 143 Å². The van der Waals surface area contributed by atoms with E-state index in [1.54, 1.807) is 12.1 Å². The molecule has 4 rings (SSSR count). The van der Waals surface area contributed by atoms with Gasteiger partial charge in [-0.1, -0.05) is 25.0 Å². The van der Waals surface area contributed by atoms with Gasteiger partial charge < -0.3 is 10.2 Å². The van der Waals surface area contributed by atoms with Crippen LogP contribution >= 0.6 is 12.4 Å². The van der Waals surface area contributed by atoms with Crippen LogP contribution in [0.25, 0.3) is 0 Å². The Morgan fingerprint density at radius 3 is 2.83 bits per heavy atom. The Morgan fingerprint density at radius 2 is 2.09 bits per heavy atom. The molecule has 126 valence electrons. The summed E-state index contributed by atoms with van der Waals surface area (Å²) in [6.45, 7) is 2.28. The normalized spacial score (nSPS) is 28.5. The van der Waals surface area contributed by atoms with Crippen LogP contribution in [0.4, 0.5) is 4.39 Å². The molecule has 3 fully saturated rings. The number of halogens is 2. The number of hydrogen-bond acceptors (Lipinski definition) is 2. The third-order valence-corrected chi connectivity index (χ3v) is 5.85. The fraction of sp³-hybridized carbons (Fsp3) is 0.611. The molecule has 1 aromatic carbocycles. The molecule has 1 N–H and O–H groups in total. The Balaban J connectivity index is 0.00000156. The minimum Gasteiger partial charge on any atom is -0.333 e. The Morgan fingerprint density at radius 1 is 1.30 bits per heavy atom. The molecule has 3 nitrogen and oxygen atoms in total. The molecule has 0 radical (unpaired) electrons. The molecule has 2 atom stereocenters. The van der Waals surface area contributed by atoms with Crippen molar-refractivity contribution in [3.63, 3.8) is 0 Å². The van der Waals surface area contributed by atoms with E-state index >= 15 is 0 Å². The molecular formula is C18H24ClFN2O. The quantitative estimate of drug-likeness (QED) is 0.897. The molecular weight excluding hydrogens is 315 g/mol. The van der Waals surface area contributed by atoms with E-state index in [1.807, 2.05) is 11.0 Å². The van der Waals surface area contributed by atoms with Gasteiger partial charge in [0.2, 0.25) is 5.91 Å². The van der Waals surface area contributed by atoms with Gasteiger partial charge in [0, 0.05) is 25.6 Å². The van der Waals surface area contributed by atoms with E-state index in [4.69, 9.17) is 0 Å². The van der Waals surface area contributed by atoms with E-state index in [0.717, 1.165) is 31.6 Å². The third kappa shape index (κ3) is 2.99.